The molecule has 0 saturated heterocycles. The summed E-state index contributed by atoms with van der Waals surface area (Å²) in [7, 11) is 0. The van der Waals surface area contributed by atoms with Gasteiger partial charge in [-0.1, -0.05) is 24.3 Å². The number of alkyl halides is 2. The highest BCUT2D eigenvalue weighted by Gasteiger charge is 2.27. The molecule has 1 aliphatic rings. The molecular weight excluding hydrogens is 268 g/mol. The molecule has 0 amide bonds. The predicted molar refractivity (Wildman–Crippen MR) is 70.6 cm³/mol. The summed E-state index contributed by atoms with van der Waals surface area (Å²) in [6, 6.07) is 6.32. The van der Waals surface area contributed by atoms with Gasteiger partial charge >= 0.3 is 0 Å². The molecule has 6 heteroatoms. The molecule has 3 rings (SSSR count). The SMILES string of the molecule is FC(F)c1ccc(CNc2nc(C3CC3)ns2)cc1. The summed E-state index contributed by atoms with van der Waals surface area (Å²) in [4.78, 5) is 4.41. The second-order valence-corrected chi connectivity index (χ2v) is 5.38. The van der Waals surface area contributed by atoms with Crippen molar-refractivity contribution in [3.63, 3.8) is 0 Å². The number of halogens is 2. The lowest BCUT2D eigenvalue weighted by Crippen LogP contribution is -1.99. The standard InChI is InChI=1S/C13H13F2N3S/c14-11(15)9-3-1-8(2-4-9)7-16-13-17-12(18-19-13)10-5-6-10/h1-4,10-11H,5-7H2,(H,16,17,18). The van der Waals surface area contributed by atoms with Crippen molar-refractivity contribution in [3.8, 4) is 0 Å². The summed E-state index contributed by atoms with van der Waals surface area (Å²) in [6.45, 7) is 0.572. The van der Waals surface area contributed by atoms with E-state index in [-0.39, 0.29) is 5.56 Å². The zero-order chi connectivity index (χ0) is 13.2. The number of benzene rings is 1. The van der Waals surface area contributed by atoms with Crippen molar-refractivity contribution in [2.45, 2.75) is 31.7 Å². The molecule has 1 aromatic carbocycles. The van der Waals surface area contributed by atoms with Crippen LogP contribution in [0.25, 0.3) is 0 Å². The number of aromatic nitrogens is 2. The van der Waals surface area contributed by atoms with Gasteiger partial charge in [0.15, 0.2) is 0 Å². The predicted octanol–water partition coefficient (Wildman–Crippen LogP) is 3.97. The summed E-state index contributed by atoms with van der Waals surface area (Å²) in [5.74, 6) is 1.48. The Morgan fingerprint density at radius 2 is 2.00 bits per heavy atom. The van der Waals surface area contributed by atoms with Crippen LogP contribution in [0.15, 0.2) is 24.3 Å². The first kappa shape index (κ1) is 12.5. The molecule has 3 nitrogen and oxygen atoms in total. The Labute approximate surface area is 113 Å². The quantitative estimate of drug-likeness (QED) is 0.901. The molecule has 0 spiro atoms. The van der Waals surface area contributed by atoms with Gasteiger partial charge in [-0.25, -0.2) is 13.8 Å². The molecule has 1 aliphatic carbocycles. The van der Waals surface area contributed by atoms with Gasteiger partial charge in [0.25, 0.3) is 6.43 Å². The van der Waals surface area contributed by atoms with Crippen molar-refractivity contribution in [1.82, 2.24) is 9.36 Å². The van der Waals surface area contributed by atoms with Gasteiger partial charge in [0.1, 0.15) is 5.82 Å². The first-order valence-corrected chi connectivity index (χ1v) is 6.94. The van der Waals surface area contributed by atoms with Gasteiger partial charge in [0.2, 0.25) is 5.13 Å². The molecule has 2 aromatic rings. The average molecular weight is 281 g/mol. The minimum Gasteiger partial charge on any atom is -0.356 e. The first-order chi connectivity index (χ1) is 9.22. The maximum atomic E-state index is 12.4. The van der Waals surface area contributed by atoms with Crippen molar-refractivity contribution < 1.29 is 8.78 Å². The lowest BCUT2D eigenvalue weighted by molar-refractivity contribution is 0.151. The number of anilines is 1. The molecule has 19 heavy (non-hydrogen) atoms. The Balaban J connectivity index is 1.58. The summed E-state index contributed by atoms with van der Waals surface area (Å²) in [5, 5.41) is 3.96. The molecule has 1 N–H and O–H groups in total. The first-order valence-electron chi connectivity index (χ1n) is 6.17. The number of hydrogen-bond acceptors (Lipinski definition) is 4. The molecule has 0 atom stereocenters. The minimum absolute atomic E-state index is 0.0516. The van der Waals surface area contributed by atoms with Crippen molar-refractivity contribution in [1.29, 1.82) is 0 Å². The molecule has 1 heterocycles. The van der Waals surface area contributed by atoms with Crippen LogP contribution in [-0.4, -0.2) is 9.36 Å². The molecule has 0 bridgehead atoms. The third kappa shape index (κ3) is 3.07. The van der Waals surface area contributed by atoms with Gasteiger partial charge in [0.05, 0.1) is 0 Å². The van der Waals surface area contributed by atoms with E-state index in [2.05, 4.69) is 14.7 Å². The number of nitrogens with one attached hydrogen (secondary N) is 1. The summed E-state index contributed by atoms with van der Waals surface area (Å²) < 4.78 is 29.1. The maximum Gasteiger partial charge on any atom is 0.263 e. The van der Waals surface area contributed by atoms with Crippen LogP contribution in [-0.2, 0) is 6.54 Å². The molecule has 1 fully saturated rings. The van der Waals surface area contributed by atoms with Gasteiger partial charge in [-0.3, -0.25) is 0 Å². The van der Waals surface area contributed by atoms with E-state index < -0.39 is 6.43 Å². The van der Waals surface area contributed by atoms with E-state index >= 15 is 0 Å². The average Bonchev–Trinajstić information content (AvgIpc) is 3.16. The van der Waals surface area contributed by atoms with Crippen LogP contribution in [0.2, 0.25) is 0 Å². The van der Waals surface area contributed by atoms with Crippen molar-refractivity contribution in [2.24, 2.45) is 0 Å². The third-order valence-electron chi connectivity index (χ3n) is 3.06. The normalized spacial score (nSPS) is 14.9. The van der Waals surface area contributed by atoms with E-state index in [1.165, 1.54) is 36.5 Å². The zero-order valence-electron chi connectivity index (χ0n) is 10.1. The second kappa shape index (κ2) is 5.21. The summed E-state index contributed by atoms with van der Waals surface area (Å²) >= 11 is 1.35. The number of hydrogen-bond donors (Lipinski definition) is 1. The molecule has 0 aliphatic heterocycles. The summed E-state index contributed by atoms with van der Waals surface area (Å²) in [5.41, 5.74) is 1.00. The molecule has 0 unspecified atom stereocenters. The molecule has 0 radical (unpaired) electrons. The third-order valence-corrected chi connectivity index (χ3v) is 3.75. The van der Waals surface area contributed by atoms with Crippen LogP contribution in [0.1, 0.15) is 42.1 Å². The Bertz CT molecular complexity index is 549. The van der Waals surface area contributed by atoms with Crippen molar-refractivity contribution in [3.05, 3.63) is 41.2 Å². The molecule has 1 aromatic heterocycles. The van der Waals surface area contributed by atoms with E-state index in [0.717, 1.165) is 16.5 Å². The fourth-order valence-electron chi connectivity index (χ4n) is 1.77. The van der Waals surface area contributed by atoms with E-state index in [9.17, 15) is 8.78 Å². The Morgan fingerprint density at radius 1 is 1.26 bits per heavy atom. The molecule has 1 saturated carbocycles. The maximum absolute atomic E-state index is 12.4. The van der Waals surface area contributed by atoms with Crippen LogP contribution in [0, 0.1) is 0 Å². The Kier molecular flexibility index (Phi) is 3.42. The topological polar surface area (TPSA) is 37.8 Å². The van der Waals surface area contributed by atoms with Gasteiger partial charge in [-0.15, -0.1) is 0 Å². The van der Waals surface area contributed by atoms with Crippen LogP contribution < -0.4 is 5.32 Å². The van der Waals surface area contributed by atoms with Crippen molar-refractivity contribution in [2.75, 3.05) is 5.32 Å². The lowest BCUT2D eigenvalue weighted by atomic mass is 10.1. The minimum atomic E-state index is -2.41. The highest BCUT2D eigenvalue weighted by Crippen LogP contribution is 2.39. The highest BCUT2D eigenvalue weighted by molar-refractivity contribution is 7.09. The van der Waals surface area contributed by atoms with Crippen LogP contribution >= 0.6 is 11.5 Å². The monoisotopic (exact) mass is 281 g/mol. The number of nitrogens with zero attached hydrogens (tertiary/aromatic N) is 2. The van der Waals surface area contributed by atoms with Crippen molar-refractivity contribution >= 4 is 16.7 Å². The van der Waals surface area contributed by atoms with E-state index in [1.54, 1.807) is 12.1 Å². The van der Waals surface area contributed by atoms with Crippen LogP contribution in [0.5, 0.6) is 0 Å². The lowest BCUT2D eigenvalue weighted by Gasteiger charge is -2.04. The fraction of sp³-hybridized carbons (Fsp3) is 0.385. The Hall–Kier alpha value is -1.56. The van der Waals surface area contributed by atoms with E-state index in [4.69, 9.17) is 0 Å². The Morgan fingerprint density at radius 3 is 2.63 bits per heavy atom. The van der Waals surface area contributed by atoms with Gasteiger partial charge in [-0.05, 0) is 18.4 Å². The van der Waals surface area contributed by atoms with E-state index in [1.807, 2.05) is 0 Å². The zero-order valence-corrected chi connectivity index (χ0v) is 11.0. The summed E-state index contributed by atoms with van der Waals surface area (Å²) in [6.07, 6.45) is -0.0393. The largest absolute Gasteiger partial charge is 0.356 e. The second-order valence-electron chi connectivity index (χ2n) is 4.63. The van der Waals surface area contributed by atoms with Crippen LogP contribution in [0.3, 0.4) is 0 Å². The highest BCUT2D eigenvalue weighted by atomic mass is 32.1. The van der Waals surface area contributed by atoms with Gasteiger partial charge < -0.3 is 5.32 Å². The molecule has 100 valence electrons. The fourth-order valence-corrected chi connectivity index (χ4v) is 2.41. The van der Waals surface area contributed by atoms with Gasteiger partial charge in [-0.2, -0.15) is 4.37 Å². The van der Waals surface area contributed by atoms with Gasteiger partial charge in [0, 0.05) is 29.6 Å². The number of rotatable bonds is 5. The van der Waals surface area contributed by atoms with E-state index in [0.29, 0.717) is 12.5 Å². The molecular formula is C13H13F2N3S. The smallest absolute Gasteiger partial charge is 0.263 e. The van der Waals surface area contributed by atoms with Crippen LogP contribution in [0.4, 0.5) is 13.9 Å².